The summed E-state index contributed by atoms with van der Waals surface area (Å²) in [7, 11) is -2.93. The molecule has 1 atom stereocenters. The molecule has 4 aromatic rings. The zero-order valence-corrected chi connectivity index (χ0v) is 28.9. The molecule has 48 heavy (non-hydrogen) atoms. The van der Waals surface area contributed by atoms with Gasteiger partial charge in [-0.3, -0.25) is 4.79 Å². The Kier molecular flexibility index (Phi) is 11.8. The van der Waals surface area contributed by atoms with Gasteiger partial charge in [-0.2, -0.15) is 9.57 Å². The predicted octanol–water partition coefficient (Wildman–Crippen LogP) is 8.41. The molecular weight excluding hydrogens is 625 g/mol. The Balaban J connectivity index is 1.43. The summed E-state index contributed by atoms with van der Waals surface area (Å²) < 4.78 is 39.1. The smallest absolute Gasteiger partial charge is 0.429 e. The van der Waals surface area contributed by atoms with Gasteiger partial charge in [-0.1, -0.05) is 66.2 Å². The second kappa shape index (κ2) is 15.8. The summed E-state index contributed by atoms with van der Waals surface area (Å²) >= 11 is 0. The summed E-state index contributed by atoms with van der Waals surface area (Å²) in [6, 6.07) is 30.9. The number of hydrogen-bond acceptors (Lipinski definition) is 7. The van der Waals surface area contributed by atoms with E-state index in [1.807, 2.05) is 55.5 Å². The van der Waals surface area contributed by atoms with E-state index in [9.17, 15) is 23.3 Å². The number of carbonyl (C=O) groups excluding carboxylic acids is 2. The number of hydrogen-bond donors (Lipinski definition) is 0. The lowest BCUT2D eigenvalue weighted by atomic mass is 9.92. The quantitative estimate of drug-likeness (QED) is 0.140. The summed E-state index contributed by atoms with van der Waals surface area (Å²) in [6.45, 7) is 6.92. The third-order valence-electron chi connectivity index (χ3n) is 7.88. The van der Waals surface area contributed by atoms with E-state index in [-0.39, 0.29) is 22.5 Å². The van der Waals surface area contributed by atoms with Crippen LogP contribution < -0.4 is 4.31 Å². The van der Waals surface area contributed by atoms with Crippen LogP contribution >= 0.6 is 0 Å². The van der Waals surface area contributed by atoms with Gasteiger partial charge in [-0.15, -0.1) is 0 Å². The van der Waals surface area contributed by atoms with Crippen LogP contribution in [0, 0.1) is 24.2 Å². The average molecular weight is 667 g/mol. The largest absolute Gasteiger partial charge is 0.469 e. The molecule has 0 radical (unpaired) electrons. The maximum absolute atomic E-state index is 13.9. The van der Waals surface area contributed by atoms with Crippen LogP contribution in [0.4, 0.5) is 10.5 Å². The molecule has 0 aliphatic heterocycles. The molecule has 0 saturated carbocycles. The summed E-state index contributed by atoms with van der Waals surface area (Å²) in [4.78, 5) is 25.9. The van der Waals surface area contributed by atoms with Crippen molar-refractivity contribution in [2.45, 2.75) is 70.3 Å². The number of benzene rings is 4. The number of nitrogens with zero attached hydrogens (tertiary/aromatic N) is 2. The highest BCUT2D eigenvalue weighted by Crippen LogP contribution is 2.28. The number of aryl methyl sites for hydroxylation is 3. The third-order valence-corrected chi connectivity index (χ3v) is 9.57. The van der Waals surface area contributed by atoms with Crippen LogP contribution in [-0.2, 0) is 37.1 Å². The molecule has 1 unspecified atom stereocenters. The molecule has 1 amide bonds. The highest BCUT2D eigenvalue weighted by molar-refractivity contribution is 7.93. The molecule has 8 nitrogen and oxygen atoms in total. The summed E-state index contributed by atoms with van der Waals surface area (Å²) in [5.41, 5.74) is 4.65. The number of ether oxygens (including phenoxy) is 2. The lowest BCUT2D eigenvalue weighted by molar-refractivity contribution is -0.145. The van der Waals surface area contributed by atoms with Crippen molar-refractivity contribution in [2.75, 3.05) is 11.4 Å². The molecule has 0 bridgehead atoms. The number of sulfonamides is 1. The summed E-state index contributed by atoms with van der Waals surface area (Å²) in [5, 5.41) is 9.20. The number of nitriles is 1. The first-order valence-electron chi connectivity index (χ1n) is 15.9. The molecule has 0 aromatic heterocycles. The van der Waals surface area contributed by atoms with Crippen molar-refractivity contribution < 1.29 is 27.5 Å². The zero-order valence-electron chi connectivity index (χ0n) is 28.1. The van der Waals surface area contributed by atoms with Gasteiger partial charge in [0.25, 0.3) is 10.0 Å². The number of rotatable bonds is 12. The Morgan fingerprint density at radius 3 is 2.17 bits per heavy atom. The van der Waals surface area contributed by atoms with Crippen LogP contribution in [0.15, 0.2) is 102 Å². The van der Waals surface area contributed by atoms with Crippen LogP contribution in [-0.4, -0.2) is 33.2 Å². The molecule has 0 fully saturated rings. The van der Waals surface area contributed by atoms with Crippen LogP contribution in [0.5, 0.6) is 0 Å². The summed E-state index contributed by atoms with van der Waals surface area (Å²) in [5.74, 6) is -0.597. The number of anilines is 1. The van der Waals surface area contributed by atoms with Crippen molar-refractivity contribution in [3.63, 3.8) is 0 Å². The van der Waals surface area contributed by atoms with E-state index in [1.165, 1.54) is 13.2 Å². The molecule has 250 valence electrons. The van der Waals surface area contributed by atoms with E-state index in [0.29, 0.717) is 42.0 Å². The lowest BCUT2D eigenvalue weighted by Gasteiger charge is -2.27. The maximum Gasteiger partial charge on any atom is 0.429 e. The van der Waals surface area contributed by atoms with Gasteiger partial charge in [0.15, 0.2) is 0 Å². The van der Waals surface area contributed by atoms with Crippen LogP contribution in [0.1, 0.15) is 62.3 Å². The van der Waals surface area contributed by atoms with Crippen molar-refractivity contribution in [1.29, 1.82) is 5.26 Å². The maximum atomic E-state index is 13.9. The van der Waals surface area contributed by atoms with E-state index in [0.717, 1.165) is 27.8 Å². The first-order valence-corrected chi connectivity index (χ1v) is 17.4. The molecule has 0 aliphatic carbocycles. The predicted molar refractivity (Wildman–Crippen MR) is 187 cm³/mol. The number of carbonyl (C=O) groups is 2. The monoisotopic (exact) mass is 666 g/mol. The normalized spacial score (nSPS) is 12.1. The Hall–Kier alpha value is -4.94. The fraction of sp³-hybridized carbons (Fsp3) is 0.308. The summed E-state index contributed by atoms with van der Waals surface area (Å²) in [6.07, 6.45) is 2.03. The van der Waals surface area contributed by atoms with Gasteiger partial charge in [-0.25, -0.2) is 13.2 Å². The molecule has 0 N–H and O–H groups in total. The molecule has 4 aromatic carbocycles. The van der Waals surface area contributed by atoms with E-state index in [2.05, 4.69) is 6.07 Å². The second-order valence-corrected chi connectivity index (χ2v) is 14.6. The minimum absolute atomic E-state index is 0.0289. The van der Waals surface area contributed by atoms with Crippen molar-refractivity contribution in [1.82, 2.24) is 0 Å². The first-order chi connectivity index (χ1) is 22.8. The Morgan fingerprint density at radius 2 is 1.52 bits per heavy atom. The van der Waals surface area contributed by atoms with Gasteiger partial charge in [-0.05, 0) is 118 Å². The van der Waals surface area contributed by atoms with Gasteiger partial charge < -0.3 is 9.47 Å². The first kappa shape index (κ1) is 35.9. The second-order valence-electron chi connectivity index (χ2n) is 12.8. The molecule has 9 heteroatoms. The van der Waals surface area contributed by atoms with Crippen LogP contribution in [0.25, 0.3) is 11.1 Å². The molecule has 0 saturated heterocycles. The number of methoxy groups -OCH3 is 1. The standard InChI is InChI=1S/C39H42N2O6S/c1-28-15-23-35(24-16-28)41(38(43)47-39(2,3)4)48(44,45)36-14-8-10-30(26-36)9-6-12-33(37(42)46-5)22-19-29-17-20-32(21-18-29)34-13-7-11-31(25-34)27-40/h7-8,10-11,13-18,20-21,23-26,33H,6,9,12,19,22H2,1-5H3. The van der Waals surface area contributed by atoms with Gasteiger partial charge in [0, 0.05) is 0 Å². The Morgan fingerprint density at radius 1 is 0.833 bits per heavy atom. The Bertz CT molecular complexity index is 1870. The van der Waals surface area contributed by atoms with Gasteiger partial charge in [0.1, 0.15) is 5.60 Å². The molecule has 0 spiro atoms. The van der Waals surface area contributed by atoms with Crippen molar-refractivity contribution in [3.05, 3.63) is 119 Å². The van der Waals surface area contributed by atoms with E-state index >= 15 is 0 Å². The van der Waals surface area contributed by atoms with E-state index in [4.69, 9.17) is 9.47 Å². The Labute approximate surface area is 284 Å². The molecule has 0 heterocycles. The van der Waals surface area contributed by atoms with E-state index < -0.39 is 21.7 Å². The fourth-order valence-corrected chi connectivity index (χ4v) is 6.76. The van der Waals surface area contributed by atoms with Crippen molar-refractivity contribution >= 4 is 27.8 Å². The zero-order chi connectivity index (χ0) is 34.9. The van der Waals surface area contributed by atoms with Gasteiger partial charge >= 0.3 is 12.1 Å². The average Bonchev–Trinajstić information content (AvgIpc) is 3.06. The van der Waals surface area contributed by atoms with Crippen molar-refractivity contribution in [3.8, 4) is 17.2 Å². The fourth-order valence-electron chi connectivity index (χ4n) is 5.37. The highest BCUT2D eigenvalue weighted by Gasteiger charge is 2.35. The molecular formula is C39H42N2O6S. The van der Waals surface area contributed by atoms with Gasteiger partial charge in [0.05, 0.1) is 35.2 Å². The lowest BCUT2D eigenvalue weighted by Crippen LogP contribution is -2.41. The minimum Gasteiger partial charge on any atom is -0.469 e. The number of esters is 1. The molecule has 4 rings (SSSR count). The third kappa shape index (κ3) is 9.55. The topological polar surface area (TPSA) is 114 Å². The highest BCUT2D eigenvalue weighted by atomic mass is 32.2. The number of amides is 1. The van der Waals surface area contributed by atoms with Gasteiger partial charge in [0.2, 0.25) is 0 Å². The van der Waals surface area contributed by atoms with Crippen LogP contribution in [0.3, 0.4) is 0 Å². The molecule has 0 aliphatic rings. The van der Waals surface area contributed by atoms with Crippen molar-refractivity contribution in [2.24, 2.45) is 5.92 Å². The van der Waals surface area contributed by atoms with Crippen LogP contribution in [0.2, 0.25) is 0 Å². The minimum atomic E-state index is -4.31. The SMILES string of the molecule is COC(=O)C(CCCc1cccc(S(=O)(=O)N(C(=O)OC(C)(C)C)c2ccc(C)cc2)c1)CCc1ccc(-c2cccc(C#N)c2)cc1. The van der Waals surface area contributed by atoms with E-state index in [1.54, 1.807) is 63.2 Å².